The molecule has 22 heavy (non-hydrogen) atoms. The Morgan fingerprint density at radius 1 is 1.36 bits per heavy atom. The number of methoxy groups -OCH3 is 1. The van der Waals surface area contributed by atoms with E-state index < -0.39 is 0 Å². The van der Waals surface area contributed by atoms with Gasteiger partial charge in [0.25, 0.3) is 0 Å². The molecule has 1 rings (SSSR count). The van der Waals surface area contributed by atoms with E-state index in [4.69, 9.17) is 0 Å². The van der Waals surface area contributed by atoms with Crippen LogP contribution in [0.15, 0.2) is 30.6 Å². The van der Waals surface area contributed by atoms with E-state index in [2.05, 4.69) is 15.0 Å². The summed E-state index contributed by atoms with van der Waals surface area (Å²) in [4.78, 5) is 26.7. The van der Waals surface area contributed by atoms with Crippen molar-refractivity contribution in [1.82, 2.24) is 10.3 Å². The van der Waals surface area contributed by atoms with Gasteiger partial charge >= 0.3 is 5.97 Å². The smallest absolute Gasteiger partial charge is 0.305 e. The Bertz CT molecular complexity index is 486. The summed E-state index contributed by atoms with van der Waals surface area (Å²) >= 11 is 0. The molecule has 0 aromatic carbocycles. The molecule has 0 saturated heterocycles. The zero-order chi connectivity index (χ0) is 16.2. The van der Waals surface area contributed by atoms with Crippen LogP contribution in [-0.2, 0) is 14.3 Å². The lowest BCUT2D eigenvalue weighted by Gasteiger charge is -2.12. The molecule has 0 aliphatic heterocycles. The average molecular weight is 304 g/mol. The van der Waals surface area contributed by atoms with Crippen molar-refractivity contribution in [3.63, 3.8) is 0 Å². The highest BCUT2D eigenvalue weighted by Gasteiger charge is 2.05. The van der Waals surface area contributed by atoms with Crippen LogP contribution in [0, 0.1) is 0 Å². The van der Waals surface area contributed by atoms with Crippen LogP contribution in [0.1, 0.15) is 44.6 Å². The number of aromatic nitrogens is 1. The molecule has 0 aliphatic rings. The summed E-state index contributed by atoms with van der Waals surface area (Å²) in [6, 6.07) is 3.83. The van der Waals surface area contributed by atoms with Crippen LogP contribution in [0.5, 0.6) is 0 Å². The number of nitrogens with zero attached hydrogens (tertiary/aromatic N) is 1. The minimum absolute atomic E-state index is 0.106. The van der Waals surface area contributed by atoms with Gasteiger partial charge in [0, 0.05) is 30.9 Å². The summed E-state index contributed by atoms with van der Waals surface area (Å²) in [5.74, 6) is -0.271. The molecule has 5 heteroatoms. The van der Waals surface area contributed by atoms with Crippen LogP contribution >= 0.6 is 0 Å². The number of hydrogen-bond donors (Lipinski definition) is 1. The van der Waals surface area contributed by atoms with E-state index in [0.29, 0.717) is 6.42 Å². The highest BCUT2D eigenvalue weighted by molar-refractivity contribution is 5.91. The van der Waals surface area contributed by atoms with Crippen molar-refractivity contribution in [2.24, 2.45) is 0 Å². The highest BCUT2D eigenvalue weighted by atomic mass is 16.5. The third-order valence-electron chi connectivity index (χ3n) is 3.25. The summed E-state index contributed by atoms with van der Waals surface area (Å²) in [6.45, 7) is 1.98. The predicted molar refractivity (Wildman–Crippen MR) is 86.0 cm³/mol. The van der Waals surface area contributed by atoms with E-state index in [-0.39, 0.29) is 17.9 Å². The summed E-state index contributed by atoms with van der Waals surface area (Å²) in [7, 11) is 1.40. The van der Waals surface area contributed by atoms with Crippen molar-refractivity contribution >= 4 is 18.0 Å². The van der Waals surface area contributed by atoms with Crippen molar-refractivity contribution in [3.8, 4) is 0 Å². The van der Waals surface area contributed by atoms with E-state index in [1.807, 2.05) is 19.1 Å². The molecular weight excluding hydrogens is 280 g/mol. The Morgan fingerprint density at radius 2 is 2.18 bits per heavy atom. The molecule has 1 heterocycles. The molecule has 0 radical (unpaired) electrons. The van der Waals surface area contributed by atoms with E-state index in [1.54, 1.807) is 18.5 Å². The van der Waals surface area contributed by atoms with Crippen molar-refractivity contribution in [2.45, 2.75) is 45.1 Å². The molecule has 0 saturated carbocycles. The molecule has 1 amide bonds. The first kappa shape index (κ1) is 17.9. The van der Waals surface area contributed by atoms with Gasteiger partial charge in [-0.3, -0.25) is 14.6 Å². The zero-order valence-corrected chi connectivity index (χ0v) is 13.2. The molecule has 1 atom stereocenters. The van der Waals surface area contributed by atoms with Crippen LogP contribution < -0.4 is 5.32 Å². The minimum atomic E-state index is -0.165. The average Bonchev–Trinajstić information content (AvgIpc) is 2.53. The third-order valence-corrected chi connectivity index (χ3v) is 3.25. The van der Waals surface area contributed by atoms with Gasteiger partial charge in [0.15, 0.2) is 0 Å². The van der Waals surface area contributed by atoms with E-state index in [1.165, 1.54) is 13.2 Å². The van der Waals surface area contributed by atoms with Gasteiger partial charge in [-0.1, -0.05) is 18.9 Å². The van der Waals surface area contributed by atoms with Crippen LogP contribution in [0.25, 0.3) is 6.08 Å². The topological polar surface area (TPSA) is 68.3 Å². The van der Waals surface area contributed by atoms with E-state index in [9.17, 15) is 9.59 Å². The van der Waals surface area contributed by atoms with Gasteiger partial charge in [0.05, 0.1) is 7.11 Å². The number of pyridine rings is 1. The summed E-state index contributed by atoms with van der Waals surface area (Å²) in [5.41, 5.74) is 0.896. The molecule has 1 aromatic heterocycles. The SMILES string of the molecule is COC(=O)CCCCCC(C)NC(=O)C=Cc1cccnc1. The quantitative estimate of drug-likeness (QED) is 0.433. The molecule has 5 nitrogen and oxygen atoms in total. The van der Waals surface area contributed by atoms with Crippen LogP contribution in [0.2, 0.25) is 0 Å². The molecule has 120 valence electrons. The van der Waals surface area contributed by atoms with Crippen molar-refractivity contribution < 1.29 is 14.3 Å². The first-order valence-corrected chi connectivity index (χ1v) is 7.57. The number of ether oxygens (including phenoxy) is 1. The van der Waals surface area contributed by atoms with Gasteiger partial charge in [-0.05, 0) is 37.5 Å². The Labute approximate surface area is 131 Å². The number of nitrogens with one attached hydrogen (secondary N) is 1. The maximum absolute atomic E-state index is 11.8. The highest BCUT2D eigenvalue weighted by Crippen LogP contribution is 2.06. The number of hydrogen-bond acceptors (Lipinski definition) is 4. The van der Waals surface area contributed by atoms with E-state index in [0.717, 1.165) is 31.2 Å². The first-order chi connectivity index (χ1) is 10.6. The van der Waals surface area contributed by atoms with Crippen LogP contribution in [-0.4, -0.2) is 30.0 Å². The normalized spacial score (nSPS) is 12.1. The molecule has 1 N–H and O–H groups in total. The van der Waals surface area contributed by atoms with Crippen molar-refractivity contribution in [3.05, 3.63) is 36.2 Å². The van der Waals surface area contributed by atoms with Crippen LogP contribution in [0.4, 0.5) is 0 Å². The summed E-state index contributed by atoms with van der Waals surface area (Å²) in [5, 5.41) is 2.92. The lowest BCUT2D eigenvalue weighted by atomic mass is 10.1. The molecule has 0 spiro atoms. The lowest BCUT2D eigenvalue weighted by molar-refractivity contribution is -0.140. The number of amides is 1. The van der Waals surface area contributed by atoms with Crippen molar-refractivity contribution in [1.29, 1.82) is 0 Å². The number of carbonyl (C=O) groups excluding carboxylic acids is 2. The van der Waals surface area contributed by atoms with Gasteiger partial charge in [0.1, 0.15) is 0 Å². The van der Waals surface area contributed by atoms with Gasteiger partial charge in [0.2, 0.25) is 5.91 Å². The second-order valence-electron chi connectivity index (χ2n) is 5.20. The molecule has 0 aliphatic carbocycles. The Balaban J connectivity index is 2.16. The fourth-order valence-corrected chi connectivity index (χ4v) is 2.01. The van der Waals surface area contributed by atoms with E-state index >= 15 is 0 Å². The fraction of sp³-hybridized carbons (Fsp3) is 0.471. The maximum Gasteiger partial charge on any atom is 0.305 e. The zero-order valence-electron chi connectivity index (χ0n) is 13.2. The number of unbranched alkanes of at least 4 members (excludes halogenated alkanes) is 2. The first-order valence-electron chi connectivity index (χ1n) is 7.57. The van der Waals surface area contributed by atoms with Gasteiger partial charge in [-0.15, -0.1) is 0 Å². The number of esters is 1. The van der Waals surface area contributed by atoms with Gasteiger partial charge in [-0.2, -0.15) is 0 Å². The Hall–Kier alpha value is -2.17. The number of rotatable bonds is 9. The maximum atomic E-state index is 11.8. The minimum Gasteiger partial charge on any atom is -0.469 e. The second kappa shape index (κ2) is 10.5. The summed E-state index contributed by atoms with van der Waals surface area (Å²) < 4.78 is 4.59. The van der Waals surface area contributed by atoms with Crippen molar-refractivity contribution in [2.75, 3.05) is 7.11 Å². The molecule has 1 aromatic rings. The monoisotopic (exact) mass is 304 g/mol. The van der Waals surface area contributed by atoms with Gasteiger partial charge < -0.3 is 10.1 Å². The largest absolute Gasteiger partial charge is 0.469 e. The lowest BCUT2D eigenvalue weighted by Crippen LogP contribution is -2.30. The van der Waals surface area contributed by atoms with Gasteiger partial charge in [-0.25, -0.2) is 0 Å². The molecule has 0 bridgehead atoms. The molecule has 0 fully saturated rings. The number of carbonyl (C=O) groups is 2. The predicted octanol–water partition coefficient (Wildman–Crippen LogP) is 2.72. The second-order valence-corrected chi connectivity index (χ2v) is 5.20. The molecular formula is C17H24N2O3. The third kappa shape index (κ3) is 8.19. The Kier molecular flexibility index (Phi) is 8.57. The fourth-order valence-electron chi connectivity index (χ4n) is 2.01. The standard InChI is InChI=1S/C17H24N2O3/c1-14(7-4-3-5-9-17(21)22-2)19-16(20)11-10-15-8-6-12-18-13-15/h6,8,10-14H,3-5,7,9H2,1-2H3,(H,19,20). The van der Waals surface area contributed by atoms with Crippen LogP contribution in [0.3, 0.4) is 0 Å². The Morgan fingerprint density at radius 3 is 2.86 bits per heavy atom. The summed E-state index contributed by atoms with van der Waals surface area (Å²) in [6.07, 6.45) is 10.8. The molecule has 1 unspecified atom stereocenters.